The largest absolute Gasteiger partial charge is 0.462 e. The van der Waals surface area contributed by atoms with E-state index in [-0.39, 0.29) is 5.97 Å². The SMILES string of the molecule is C#CCCN(C)c1ncc(C(=O)OCC)s1. The molecular formula is C11H14N2O2S. The lowest BCUT2D eigenvalue weighted by atomic mass is 10.4. The first-order chi connectivity index (χ1) is 7.69. The number of rotatable bonds is 5. The standard InChI is InChI=1S/C11H14N2O2S/c1-4-6-7-13(3)11-12-8-9(16-11)10(14)15-5-2/h1,8H,5-7H2,2-3H3. The van der Waals surface area contributed by atoms with Gasteiger partial charge in [0.2, 0.25) is 0 Å². The summed E-state index contributed by atoms with van der Waals surface area (Å²) in [6, 6.07) is 0. The first kappa shape index (κ1) is 12.5. The molecule has 4 nitrogen and oxygen atoms in total. The van der Waals surface area contributed by atoms with Crippen LogP contribution in [-0.2, 0) is 4.74 Å². The van der Waals surface area contributed by atoms with Gasteiger partial charge in [0.05, 0.1) is 12.8 Å². The second kappa shape index (κ2) is 6.13. The van der Waals surface area contributed by atoms with Gasteiger partial charge in [-0.05, 0) is 6.92 Å². The molecule has 0 saturated carbocycles. The van der Waals surface area contributed by atoms with Gasteiger partial charge < -0.3 is 9.64 Å². The quantitative estimate of drug-likeness (QED) is 0.579. The maximum atomic E-state index is 11.4. The lowest BCUT2D eigenvalue weighted by molar-refractivity contribution is 0.0532. The molecule has 5 heteroatoms. The molecule has 1 heterocycles. The summed E-state index contributed by atoms with van der Waals surface area (Å²) >= 11 is 1.31. The van der Waals surface area contributed by atoms with Gasteiger partial charge in [-0.3, -0.25) is 0 Å². The first-order valence-corrected chi connectivity index (χ1v) is 5.78. The van der Waals surface area contributed by atoms with Crippen LogP contribution in [0.2, 0.25) is 0 Å². The zero-order valence-corrected chi connectivity index (χ0v) is 10.2. The Morgan fingerprint density at radius 1 is 1.75 bits per heavy atom. The number of thiazole rings is 1. The molecular weight excluding hydrogens is 224 g/mol. The highest BCUT2D eigenvalue weighted by Gasteiger charge is 2.13. The van der Waals surface area contributed by atoms with Gasteiger partial charge in [-0.15, -0.1) is 12.3 Å². The van der Waals surface area contributed by atoms with E-state index >= 15 is 0 Å². The second-order valence-electron chi connectivity index (χ2n) is 3.10. The Morgan fingerprint density at radius 3 is 3.12 bits per heavy atom. The van der Waals surface area contributed by atoms with Crippen molar-refractivity contribution in [2.24, 2.45) is 0 Å². The maximum absolute atomic E-state index is 11.4. The zero-order chi connectivity index (χ0) is 12.0. The molecule has 0 radical (unpaired) electrons. The minimum Gasteiger partial charge on any atom is -0.462 e. The van der Waals surface area contributed by atoms with E-state index in [4.69, 9.17) is 11.2 Å². The summed E-state index contributed by atoms with van der Waals surface area (Å²) in [5, 5.41) is 0.776. The number of carbonyl (C=O) groups excluding carboxylic acids is 1. The minimum atomic E-state index is -0.323. The van der Waals surface area contributed by atoms with E-state index in [1.807, 2.05) is 11.9 Å². The van der Waals surface area contributed by atoms with Crippen molar-refractivity contribution in [3.05, 3.63) is 11.1 Å². The van der Waals surface area contributed by atoms with Crippen molar-refractivity contribution < 1.29 is 9.53 Å². The topological polar surface area (TPSA) is 42.4 Å². The Balaban J connectivity index is 2.64. The Hall–Kier alpha value is -1.54. The van der Waals surface area contributed by atoms with Crippen molar-refractivity contribution in [2.45, 2.75) is 13.3 Å². The van der Waals surface area contributed by atoms with Crippen molar-refractivity contribution in [1.29, 1.82) is 0 Å². The molecule has 0 N–H and O–H groups in total. The van der Waals surface area contributed by atoms with Crippen LogP contribution < -0.4 is 4.90 Å². The molecule has 0 aliphatic carbocycles. The van der Waals surface area contributed by atoms with Gasteiger partial charge in [0, 0.05) is 20.0 Å². The fourth-order valence-electron chi connectivity index (χ4n) is 1.07. The molecule has 16 heavy (non-hydrogen) atoms. The van der Waals surface area contributed by atoms with E-state index in [2.05, 4.69) is 10.9 Å². The smallest absolute Gasteiger partial charge is 0.350 e. The number of nitrogens with zero attached hydrogens (tertiary/aromatic N) is 2. The van der Waals surface area contributed by atoms with Crippen LogP contribution in [0, 0.1) is 12.3 Å². The van der Waals surface area contributed by atoms with E-state index in [9.17, 15) is 4.79 Å². The Labute approximate surface area is 99.2 Å². The van der Waals surface area contributed by atoms with Crippen LogP contribution >= 0.6 is 11.3 Å². The van der Waals surface area contributed by atoms with Gasteiger partial charge in [0.25, 0.3) is 0 Å². The monoisotopic (exact) mass is 238 g/mol. The van der Waals surface area contributed by atoms with E-state index in [1.54, 1.807) is 6.92 Å². The van der Waals surface area contributed by atoms with Crippen molar-refractivity contribution in [2.75, 3.05) is 25.1 Å². The van der Waals surface area contributed by atoms with E-state index in [0.717, 1.165) is 11.7 Å². The van der Waals surface area contributed by atoms with Gasteiger partial charge >= 0.3 is 5.97 Å². The number of aromatic nitrogens is 1. The van der Waals surface area contributed by atoms with E-state index in [0.29, 0.717) is 17.9 Å². The predicted molar refractivity (Wildman–Crippen MR) is 64.8 cm³/mol. The third kappa shape index (κ3) is 3.24. The van der Waals surface area contributed by atoms with Crippen molar-refractivity contribution in [1.82, 2.24) is 4.98 Å². The highest BCUT2D eigenvalue weighted by Crippen LogP contribution is 2.22. The molecule has 0 aromatic carbocycles. The lowest BCUT2D eigenvalue weighted by Crippen LogP contribution is -2.17. The van der Waals surface area contributed by atoms with Crippen LogP contribution in [0.1, 0.15) is 23.0 Å². The van der Waals surface area contributed by atoms with Crippen molar-refractivity contribution in [3.8, 4) is 12.3 Å². The third-order valence-electron chi connectivity index (χ3n) is 1.89. The van der Waals surface area contributed by atoms with E-state index in [1.165, 1.54) is 17.5 Å². The number of anilines is 1. The van der Waals surface area contributed by atoms with Crippen molar-refractivity contribution >= 4 is 22.4 Å². The summed E-state index contributed by atoms with van der Waals surface area (Å²) in [6.45, 7) is 2.88. The summed E-state index contributed by atoms with van der Waals surface area (Å²) in [6.07, 6.45) is 7.37. The average Bonchev–Trinajstić information content (AvgIpc) is 2.75. The Bertz CT molecular complexity index is 395. The molecule has 0 aliphatic rings. The molecule has 0 unspecified atom stereocenters. The molecule has 0 amide bonds. The normalized spacial score (nSPS) is 9.56. The van der Waals surface area contributed by atoms with Gasteiger partial charge in [-0.2, -0.15) is 0 Å². The summed E-state index contributed by atoms with van der Waals surface area (Å²) in [7, 11) is 1.89. The van der Waals surface area contributed by atoms with Gasteiger partial charge in [-0.25, -0.2) is 9.78 Å². The molecule has 86 valence electrons. The van der Waals surface area contributed by atoms with Crippen LogP contribution in [0.15, 0.2) is 6.20 Å². The Kier molecular flexibility index (Phi) is 4.80. The first-order valence-electron chi connectivity index (χ1n) is 4.96. The minimum absolute atomic E-state index is 0.323. The summed E-state index contributed by atoms with van der Waals surface area (Å²) < 4.78 is 4.88. The number of hydrogen-bond acceptors (Lipinski definition) is 5. The van der Waals surface area contributed by atoms with Crippen LogP contribution in [0.25, 0.3) is 0 Å². The maximum Gasteiger partial charge on any atom is 0.350 e. The van der Waals surface area contributed by atoms with Gasteiger partial charge in [0.1, 0.15) is 4.88 Å². The van der Waals surface area contributed by atoms with Crippen LogP contribution in [0.5, 0.6) is 0 Å². The summed E-state index contributed by atoms with van der Waals surface area (Å²) in [5.74, 6) is 2.24. The molecule has 0 atom stereocenters. The van der Waals surface area contributed by atoms with Gasteiger partial charge in [-0.1, -0.05) is 11.3 Å². The molecule has 0 bridgehead atoms. The van der Waals surface area contributed by atoms with E-state index < -0.39 is 0 Å². The molecule has 0 saturated heterocycles. The fraction of sp³-hybridized carbons (Fsp3) is 0.455. The third-order valence-corrected chi connectivity index (χ3v) is 2.98. The number of esters is 1. The number of carbonyl (C=O) groups is 1. The predicted octanol–water partition coefficient (Wildman–Crippen LogP) is 1.78. The molecule has 1 aromatic heterocycles. The highest BCUT2D eigenvalue weighted by atomic mass is 32.1. The average molecular weight is 238 g/mol. The molecule has 1 rings (SSSR count). The fourth-order valence-corrected chi connectivity index (χ4v) is 1.86. The summed E-state index contributed by atoms with van der Waals surface area (Å²) in [5.41, 5.74) is 0. The number of terminal acetylenes is 1. The zero-order valence-electron chi connectivity index (χ0n) is 9.40. The van der Waals surface area contributed by atoms with Crippen molar-refractivity contribution in [3.63, 3.8) is 0 Å². The molecule has 0 spiro atoms. The van der Waals surface area contributed by atoms with Crippen LogP contribution in [0.4, 0.5) is 5.13 Å². The number of ether oxygens (including phenoxy) is 1. The second-order valence-corrected chi connectivity index (χ2v) is 4.11. The molecule has 1 aromatic rings. The van der Waals surface area contributed by atoms with Gasteiger partial charge in [0.15, 0.2) is 5.13 Å². The molecule has 0 fully saturated rings. The molecule has 0 aliphatic heterocycles. The summed E-state index contributed by atoms with van der Waals surface area (Å²) in [4.78, 5) is 18.0. The van der Waals surface area contributed by atoms with Crippen LogP contribution in [-0.4, -0.2) is 31.2 Å². The lowest BCUT2D eigenvalue weighted by Gasteiger charge is -2.12. The Morgan fingerprint density at radius 2 is 2.50 bits per heavy atom. The van der Waals surface area contributed by atoms with Crippen LogP contribution in [0.3, 0.4) is 0 Å². The number of hydrogen-bond donors (Lipinski definition) is 0. The highest BCUT2D eigenvalue weighted by molar-refractivity contribution is 7.17.